The first kappa shape index (κ1) is 61.8. The molecule has 0 amide bonds. The van der Waals surface area contributed by atoms with Gasteiger partial charge in [0.05, 0.1) is 19.8 Å². The second-order valence-electron chi connectivity index (χ2n) is 18.7. The van der Waals surface area contributed by atoms with Crippen molar-refractivity contribution in [3.8, 4) is 0 Å². The Labute approximate surface area is 408 Å². The highest BCUT2D eigenvalue weighted by Crippen LogP contribution is 2.26. The van der Waals surface area contributed by atoms with Crippen LogP contribution in [0.1, 0.15) is 194 Å². The molecule has 2 aliphatic rings. The average Bonchev–Trinajstić information content (AvgIpc) is 3.33. The Balaban J connectivity index is 1.77. The lowest BCUT2D eigenvalue weighted by Gasteiger charge is -2.42. The molecule has 5 unspecified atom stereocenters. The molecule has 15 heteroatoms. The molecule has 0 aromatic rings. The van der Waals surface area contributed by atoms with E-state index in [-0.39, 0.29) is 26.1 Å². The summed E-state index contributed by atoms with van der Waals surface area (Å²) in [5.41, 5.74) is 0. The molecule has 15 nitrogen and oxygen atoms in total. The van der Waals surface area contributed by atoms with E-state index in [0.717, 1.165) is 57.8 Å². The molecule has 0 aliphatic carbocycles. The van der Waals surface area contributed by atoms with Crippen LogP contribution >= 0.6 is 0 Å². The largest absolute Gasteiger partial charge is 0.462 e. The van der Waals surface area contributed by atoms with Crippen LogP contribution in [0.2, 0.25) is 0 Å². The Kier molecular flexibility index (Phi) is 36.7. The Morgan fingerprint density at radius 2 is 0.926 bits per heavy atom. The molecule has 2 aliphatic heterocycles. The van der Waals surface area contributed by atoms with Crippen molar-refractivity contribution in [1.29, 1.82) is 0 Å². The number of hydrogen-bond acceptors (Lipinski definition) is 15. The van der Waals surface area contributed by atoms with Crippen molar-refractivity contribution in [2.75, 3.05) is 26.4 Å². The van der Waals surface area contributed by atoms with Gasteiger partial charge in [-0.25, -0.2) is 0 Å². The maximum Gasteiger partial charge on any atom is 0.306 e. The number of aliphatic hydroxyl groups is 7. The maximum absolute atomic E-state index is 13.0. The first-order valence-electron chi connectivity index (χ1n) is 26.6. The number of carbonyl (C=O) groups is 2. The van der Waals surface area contributed by atoms with Gasteiger partial charge in [-0.3, -0.25) is 9.59 Å². The van der Waals surface area contributed by atoms with E-state index >= 15 is 0 Å². The highest BCUT2D eigenvalue weighted by molar-refractivity contribution is 5.70. The quantitative estimate of drug-likeness (QED) is 0.0177. The Hall–Kier alpha value is -2.28. The second kappa shape index (κ2) is 40.3. The van der Waals surface area contributed by atoms with Crippen molar-refractivity contribution in [2.45, 2.75) is 261 Å². The minimum Gasteiger partial charge on any atom is -0.462 e. The Bertz CT molecular complexity index is 1330. The van der Waals surface area contributed by atoms with Crippen LogP contribution in [0.15, 0.2) is 36.5 Å². The van der Waals surface area contributed by atoms with E-state index in [1.54, 1.807) is 0 Å². The van der Waals surface area contributed by atoms with Gasteiger partial charge in [-0.1, -0.05) is 185 Å². The topological polar surface area (TPSA) is 231 Å². The molecule has 2 rings (SSSR count). The van der Waals surface area contributed by atoms with Crippen LogP contribution in [0.25, 0.3) is 0 Å². The van der Waals surface area contributed by atoms with Crippen LogP contribution in [0, 0.1) is 0 Å². The first-order valence-corrected chi connectivity index (χ1v) is 26.6. The van der Waals surface area contributed by atoms with E-state index in [2.05, 4.69) is 26.0 Å². The fourth-order valence-corrected chi connectivity index (χ4v) is 8.34. The lowest BCUT2D eigenvalue weighted by molar-refractivity contribution is -0.332. The molecular weight excluding hydrogens is 877 g/mol. The zero-order chi connectivity index (χ0) is 49.6. The van der Waals surface area contributed by atoms with Crippen LogP contribution < -0.4 is 0 Å². The molecular formula is C53H94O15. The van der Waals surface area contributed by atoms with Gasteiger partial charge in [0.1, 0.15) is 55.4 Å². The molecule has 11 atom stereocenters. The molecule has 0 radical (unpaired) electrons. The fraction of sp³-hybridized carbons (Fsp3) is 0.849. The molecule has 0 bridgehead atoms. The maximum atomic E-state index is 13.0. The third kappa shape index (κ3) is 27.9. The Morgan fingerprint density at radius 1 is 0.485 bits per heavy atom. The molecule has 68 heavy (non-hydrogen) atoms. The number of ether oxygens (including phenoxy) is 6. The number of unbranched alkanes of at least 4 members (excludes halogenated alkanes) is 23. The summed E-state index contributed by atoms with van der Waals surface area (Å²) < 4.78 is 33.6. The van der Waals surface area contributed by atoms with Crippen molar-refractivity contribution < 1.29 is 73.8 Å². The molecule has 0 saturated carbocycles. The summed E-state index contributed by atoms with van der Waals surface area (Å²) in [6.45, 7) is 2.45. The zero-order valence-corrected chi connectivity index (χ0v) is 41.8. The molecule has 2 fully saturated rings. The molecule has 0 aromatic heterocycles. The normalized spacial score (nSPS) is 26.0. The van der Waals surface area contributed by atoms with Gasteiger partial charge in [-0.2, -0.15) is 0 Å². The SMILES string of the molecule is CC/C=C/C=C/C=C/CCCCCCCC(=O)OC(COC(=O)CCCCCCCCCCCCCCCCCCCCC)CO[C@@H]1O[C@H](CO[C@@H]2O[C@H](CO)[C@H](O)C(O)C2O)[C@H](O)C(O)C1O. The van der Waals surface area contributed by atoms with Gasteiger partial charge in [-0.05, 0) is 32.1 Å². The average molecular weight is 971 g/mol. The van der Waals surface area contributed by atoms with Gasteiger partial charge < -0.3 is 64.2 Å². The van der Waals surface area contributed by atoms with E-state index in [1.807, 2.05) is 24.3 Å². The van der Waals surface area contributed by atoms with Crippen LogP contribution in [-0.2, 0) is 38.0 Å². The van der Waals surface area contributed by atoms with Gasteiger partial charge in [-0.15, -0.1) is 0 Å². The minimum absolute atomic E-state index is 0.143. The van der Waals surface area contributed by atoms with Gasteiger partial charge in [0.25, 0.3) is 0 Å². The van der Waals surface area contributed by atoms with Gasteiger partial charge in [0, 0.05) is 12.8 Å². The number of carbonyl (C=O) groups excluding carboxylic acids is 2. The lowest BCUT2D eigenvalue weighted by Crippen LogP contribution is -2.61. The van der Waals surface area contributed by atoms with E-state index in [4.69, 9.17) is 28.4 Å². The van der Waals surface area contributed by atoms with Crippen molar-refractivity contribution in [3.63, 3.8) is 0 Å². The highest BCUT2D eigenvalue weighted by atomic mass is 16.7. The molecule has 2 heterocycles. The monoisotopic (exact) mass is 971 g/mol. The number of hydrogen-bond donors (Lipinski definition) is 7. The van der Waals surface area contributed by atoms with Crippen LogP contribution in [0.3, 0.4) is 0 Å². The molecule has 7 N–H and O–H groups in total. The van der Waals surface area contributed by atoms with E-state index in [9.17, 15) is 45.3 Å². The standard InChI is InChI=1S/C53H94O15/c1-3-5-7-9-11-13-15-17-18-19-20-21-22-24-25-27-29-31-33-35-44(55)63-38-41(66-45(56)36-34-32-30-28-26-23-16-14-12-10-8-6-4-2)39-64-52-51(62)49(60)47(58)43(68-52)40-65-53-50(61)48(59)46(57)42(37-54)67-53/h6,8,10,12,14,16,41-43,46-54,57-62H,3-5,7,9,11,13,15,17-40H2,1-2H3/b8-6+,12-10+,16-14+/t41?,42-,43-,46+,47+,48?,49?,50?,51?,52-,53-/m1/s1. The van der Waals surface area contributed by atoms with Crippen molar-refractivity contribution in [2.24, 2.45) is 0 Å². The third-order valence-electron chi connectivity index (χ3n) is 12.7. The molecule has 0 spiro atoms. The summed E-state index contributed by atoms with van der Waals surface area (Å²) in [6, 6.07) is 0. The van der Waals surface area contributed by atoms with Gasteiger partial charge in [0.15, 0.2) is 18.7 Å². The van der Waals surface area contributed by atoms with Crippen LogP contribution in [0.5, 0.6) is 0 Å². The Morgan fingerprint density at radius 3 is 1.44 bits per heavy atom. The fourth-order valence-electron chi connectivity index (χ4n) is 8.34. The summed E-state index contributed by atoms with van der Waals surface area (Å²) in [6.07, 6.45) is 26.1. The van der Waals surface area contributed by atoms with E-state index in [1.165, 1.54) is 96.3 Å². The summed E-state index contributed by atoms with van der Waals surface area (Å²) in [4.78, 5) is 25.8. The smallest absolute Gasteiger partial charge is 0.306 e. The van der Waals surface area contributed by atoms with Crippen molar-refractivity contribution in [3.05, 3.63) is 36.5 Å². The zero-order valence-electron chi connectivity index (χ0n) is 41.8. The summed E-state index contributed by atoms with van der Waals surface area (Å²) in [7, 11) is 0. The molecule has 2 saturated heterocycles. The second-order valence-corrected chi connectivity index (χ2v) is 18.7. The predicted molar refractivity (Wildman–Crippen MR) is 261 cm³/mol. The number of allylic oxidation sites excluding steroid dienone is 6. The van der Waals surface area contributed by atoms with Crippen molar-refractivity contribution >= 4 is 11.9 Å². The van der Waals surface area contributed by atoms with Crippen LogP contribution in [-0.4, -0.2) is 142 Å². The summed E-state index contributed by atoms with van der Waals surface area (Å²) in [5.74, 6) is -0.943. The first-order chi connectivity index (χ1) is 33.0. The number of aliphatic hydroxyl groups excluding tert-OH is 7. The van der Waals surface area contributed by atoms with Gasteiger partial charge >= 0.3 is 11.9 Å². The number of rotatable bonds is 41. The highest BCUT2D eigenvalue weighted by Gasteiger charge is 2.47. The summed E-state index contributed by atoms with van der Waals surface area (Å²) >= 11 is 0. The minimum atomic E-state index is -1.77. The van der Waals surface area contributed by atoms with Gasteiger partial charge in [0.2, 0.25) is 0 Å². The predicted octanol–water partition coefficient (Wildman–Crippen LogP) is 7.71. The van der Waals surface area contributed by atoms with E-state index in [0.29, 0.717) is 12.8 Å². The molecule has 0 aromatic carbocycles. The number of esters is 2. The lowest BCUT2D eigenvalue weighted by atomic mass is 9.98. The van der Waals surface area contributed by atoms with E-state index < -0.39 is 92.7 Å². The summed E-state index contributed by atoms with van der Waals surface area (Å²) in [5, 5.41) is 72.1. The third-order valence-corrected chi connectivity index (χ3v) is 12.7. The van der Waals surface area contributed by atoms with Crippen molar-refractivity contribution in [1.82, 2.24) is 0 Å². The van der Waals surface area contributed by atoms with Crippen LogP contribution in [0.4, 0.5) is 0 Å². The molecule has 396 valence electrons.